The number of thiazole rings is 1. The second-order valence-corrected chi connectivity index (χ2v) is 8.27. The van der Waals surface area contributed by atoms with Gasteiger partial charge >= 0.3 is 5.97 Å². The van der Waals surface area contributed by atoms with Gasteiger partial charge in [0.15, 0.2) is 0 Å². The molecule has 31 heavy (non-hydrogen) atoms. The van der Waals surface area contributed by atoms with Crippen LogP contribution in [0.4, 0.5) is 5.69 Å². The van der Waals surface area contributed by atoms with Gasteiger partial charge in [-0.25, -0.2) is 9.78 Å². The minimum Gasteiger partial charge on any atom is -0.478 e. The number of carbonyl (C=O) groups excluding carboxylic acids is 1. The average molecular weight is 437 g/mol. The number of carboxylic acid groups (broad SMARTS) is 1. The van der Waals surface area contributed by atoms with E-state index in [1.54, 1.807) is 29.5 Å². The van der Waals surface area contributed by atoms with E-state index in [-0.39, 0.29) is 23.4 Å². The van der Waals surface area contributed by atoms with Crippen LogP contribution in [-0.4, -0.2) is 27.4 Å². The van der Waals surface area contributed by atoms with E-state index in [0.717, 1.165) is 10.6 Å². The van der Waals surface area contributed by atoms with E-state index in [4.69, 9.17) is 4.98 Å². The van der Waals surface area contributed by atoms with Crippen molar-refractivity contribution in [2.24, 2.45) is 0 Å². The molecule has 1 heterocycles. The molecule has 1 saturated carbocycles. The highest BCUT2D eigenvalue weighted by atomic mass is 32.1. The Morgan fingerprint density at radius 1 is 1.13 bits per heavy atom. The second kappa shape index (κ2) is 10.1. The number of nitrogens with one attached hydrogen (secondary N) is 1. The molecule has 0 spiro atoms. The third-order valence-corrected chi connectivity index (χ3v) is 6.08. The number of amides is 1. The summed E-state index contributed by atoms with van der Waals surface area (Å²) < 4.78 is 0. The zero-order valence-corrected chi connectivity index (χ0v) is 17.7. The highest BCUT2D eigenvalue weighted by Crippen LogP contribution is 2.36. The van der Waals surface area contributed by atoms with Crippen molar-refractivity contribution >= 4 is 41.1 Å². The van der Waals surface area contributed by atoms with Gasteiger partial charge in [0.1, 0.15) is 5.01 Å². The van der Waals surface area contributed by atoms with Crippen molar-refractivity contribution in [3.05, 3.63) is 81.3 Å². The van der Waals surface area contributed by atoms with Gasteiger partial charge in [0.25, 0.3) is 0 Å². The van der Waals surface area contributed by atoms with Crippen LogP contribution < -0.4 is 5.32 Å². The number of carbonyl (C=O) groups is 2. The Morgan fingerprint density at radius 3 is 2.68 bits per heavy atom. The molecular formula is C24H24N2O4S. The molecule has 0 unspecified atom stereocenters. The lowest BCUT2D eigenvalue weighted by molar-refractivity contribution is -0.115. The third-order valence-electron chi connectivity index (χ3n) is 5.25. The highest BCUT2D eigenvalue weighted by molar-refractivity contribution is 7.10. The van der Waals surface area contributed by atoms with Crippen molar-refractivity contribution in [1.29, 1.82) is 0 Å². The van der Waals surface area contributed by atoms with Crippen LogP contribution in [0.15, 0.2) is 53.9 Å². The van der Waals surface area contributed by atoms with Crippen LogP contribution in [0.2, 0.25) is 0 Å². The molecule has 1 aliphatic carbocycles. The second-order valence-electron chi connectivity index (χ2n) is 7.38. The van der Waals surface area contributed by atoms with Crippen LogP contribution >= 0.6 is 11.3 Å². The van der Waals surface area contributed by atoms with E-state index in [1.165, 1.54) is 31.0 Å². The zero-order valence-electron chi connectivity index (χ0n) is 16.9. The van der Waals surface area contributed by atoms with Gasteiger partial charge in [-0.15, -0.1) is 11.3 Å². The van der Waals surface area contributed by atoms with Crippen LogP contribution in [0.25, 0.3) is 12.2 Å². The SMILES string of the molecule is O.O=C(Cc1ccccc1C(=O)O)Nc1cccc(C=Cc2nc(C3CCC3)cs2)c1. The molecule has 160 valence electrons. The number of anilines is 1. The quantitative estimate of drug-likeness (QED) is 0.562. The number of nitrogens with zero attached hydrogens (tertiary/aromatic N) is 1. The van der Waals surface area contributed by atoms with Crippen molar-refractivity contribution in [2.45, 2.75) is 31.6 Å². The van der Waals surface area contributed by atoms with Gasteiger partial charge in [0, 0.05) is 17.0 Å². The summed E-state index contributed by atoms with van der Waals surface area (Å²) in [7, 11) is 0. The Hall–Kier alpha value is -3.29. The van der Waals surface area contributed by atoms with E-state index in [9.17, 15) is 14.7 Å². The fourth-order valence-electron chi connectivity index (χ4n) is 3.42. The number of aromatic nitrogens is 1. The van der Waals surface area contributed by atoms with Crippen LogP contribution in [0, 0.1) is 0 Å². The molecule has 0 bridgehead atoms. The van der Waals surface area contributed by atoms with Crippen LogP contribution in [0.5, 0.6) is 0 Å². The molecule has 0 radical (unpaired) electrons. The molecule has 1 fully saturated rings. The van der Waals surface area contributed by atoms with Gasteiger partial charge in [0.05, 0.1) is 17.7 Å². The maximum Gasteiger partial charge on any atom is 0.335 e. The Bertz CT molecular complexity index is 1100. The van der Waals surface area contributed by atoms with Crippen molar-refractivity contribution in [3.63, 3.8) is 0 Å². The Labute approximate surface area is 184 Å². The molecule has 6 nitrogen and oxygen atoms in total. The van der Waals surface area contributed by atoms with Crippen molar-refractivity contribution < 1.29 is 20.2 Å². The largest absolute Gasteiger partial charge is 0.478 e. The maximum absolute atomic E-state index is 12.4. The first-order valence-electron chi connectivity index (χ1n) is 9.93. The summed E-state index contributed by atoms with van der Waals surface area (Å²) >= 11 is 1.65. The number of aromatic carboxylic acids is 1. The van der Waals surface area contributed by atoms with E-state index in [2.05, 4.69) is 10.7 Å². The molecule has 0 saturated heterocycles. The molecule has 2 aromatic carbocycles. The molecule has 0 aliphatic heterocycles. The first-order chi connectivity index (χ1) is 14.6. The third kappa shape index (κ3) is 5.65. The summed E-state index contributed by atoms with van der Waals surface area (Å²) in [4.78, 5) is 28.4. The lowest BCUT2D eigenvalue weighted by atomic mass is 9.83. The number of hydrogen-bond donors (Lipinski definition) is 2. The molecule has 7 heteroatoms. The molecule has 3 aromatic rings. The van der Waals surface area contributed by atoms with E-state index >= 15 is 0 Å². The number of rotatable bonds is 7. The smallest absolute Gasteiger partial charge is 0.335 e. The molecule has 0 atom stereocenters. The van der Waals surface area contributed by atoms with Gasteiger partial charge in [-0.05, 0) is 48.2 Å². The molecule has 4 rings (SSSR count). The molecule has 1 amide bonds. The lowest BCUT2D eigenvalue weighted by Crippen LogP contribution is -2.16. The minimum absolute atomic E-state index is 0. The van der Waals surface area contributed by atoms with Crippen molar-refractivity contribution in [3.8, 4) is 0 Å². The van der Waals surface area contributed by atoms with Crippen molar-refractivity contribution in [1.82, 2.24) is 4.98 Å². The fraction of sp³-hybridized carbons (Fsp3) is 0.208. The summed E-state index contributed by atoms with van der Waals surface area (Å²) in [6, 6.07) is 14.1. The van der Waals surface area contributed by atoms with Crippen LogP contribution in [0.3, 0.4) is 0 Å². The predicted molar refractivity (Wildman–Crippen MR) is 123 cm³/mol. The van der Waals surface area contributed by atoms with E-state index < -0.39 is 5.97 Å². The van der Waals surface area contributed by atoms with Crippen LogP contribution in [-0.2, 0) is 11.2 Å². The Kier molecular flexibility index (Phi) is 7.33. The van der Waals surface area contributed by atoms with Gasteiger partial charge < -0.3 is 15.9 Å². The van der Waals surface area contributed by atoms with Gasteiger partial charge in [-0.1, -0.05) is 42.8 Å². The van der Waals surface area contributed by atoms with Gasteiger partial charge in [-0.3, -0.25) is 4.79 Å². The number of benzene rings is 2. The Balaban J connectivity index is 0.00000272. The predicted octanol–water partition coefficient (Wildman–Crippen LogP) is 4.64. The summed E-state index contributed by atoms with van der Waals surface area (Å²) in [5.74, 6) is -0.656. The summed E-state index contributed by atoms with van der Waals surface area (Å²) in [5, 5.41) is 15.2. The summed E-state index contributed by atoms with van der Waals surface area (Å²) in [6.45, 7) is 0. The molecule has 4 N–H and O–H groups in total. The topological polar surface area (TPSA) is 111 Å². The first kappa shape index (κ1) is 22.4. The highest BCUT2D eigenvalue weighted by Gasteiger charge is 2.21. The van der Waals surface area contributed by atoms with Gasteiger partial charge in [-0.2, -0.15) is 0 Å². The number of carboxylic acids is 1. The molecular weight excluding hydrogens is 412 g/mol. The molecule has 1 aliphatic rings. The standard InChI is InChI=1S/C24H22N2O3S.H2O/c27-22(14-18-6-1-2-10-20(18)24(28)29)25-19-9-3-5-16(13-19)11-12-23-26-21(15-30-23)17-7-4-8-17;/h1-3,5-6,9-13,15,17H,4,7-8,14H2,(H,25,27)(H,28,29);1H2. The monoisotopic (exact) mass is 436 g/mol. The van der Waals surface area contributed by atoms with Crippen LogP contribution in [0.1, 0.15) is 57.4 Å². The average Bonchev–Trinajstić information content (AvgIpc) is 3.14. The Morgan fingerprint density at radius 2 is 1.94 bits per heavy atom. The maximum atomic E-state index is 12.4. The van der Waals surface area contributed by atoms with Gasteiger partial charge in [0.2, 0.25) is 5.91 Å². The van der Waals surface area contributed by atoms with E-state index in [1.807, 2.05) is 36.4 Å². The van der Waals surface area contributed by atoms with Crippen molar-refractivity contribution in [2.75, 3.05) is 5.32 Å². The van der Waals surface area contributed by atoms with E-state index in [0.29, 0.717) is 17.2 Å². The summed E-state index contributed by atoms with van der Waals surface area (Å²) in [5.41, 5.74) is 3.47. The number of hydrogen-bond acceptors (Lipinski definition) is 4. The minimum atomic E-state index is -1.03. The fourth-order valence-corrected chi connectivity index (χ4v) is 4.21. The first-order valence-corrected chi connectivity index (χ1v) is 10.8. The normalized spacial score (nSPS) is 13.4. The molecule has 1 aromatic heterocycles. The lowest BCUT2D eigenvalue weighted by Gasteiger charge is -2.22. The summed E-state index contributed by atoms with van der Waals surface area (Å²) in [6.07, 6.45) is 7.77. The zero-order chi connectivity index (χ0) is 20.9.